The molecule has 0 spiro atoms. The first-order valence-corrected chi connectivity index (χ1v) is 8.98. The Labute approximate surface area is 129 Å². The van der Waals surface area contributed by atoms with Crippen LogP contribution in [0.15, 0.2) is 29.2 Å². The minimum atomic E-state index is -1.89. The third-order valence-electron chi connectivity index (χ3n) is 4.99. The van der Waals surface area contributed by atoms with Crippen LogP contribution in [0.1, 0.15) is 26.2 Å². The Bertz CT molecular complexity index is 509. The number of piperidine rings is 1. The number of nitrogens with zero attached hydrogens (tertiary/aromatic N) is 2. The number of likely N-dealkylation sites (tertiary alicyclic amines) is 1. The third kappa shape index (κ3) is 3.30. The van der Waals surface area contributed by atoms with Crippen molar-refractivity contribution in [1.29, 1.82) is 0 Å². The van der Waals surface area contributed by atoms with Gasteiger partial charge >= 0.3 is 0 Å². The summed E-state index contributed by atoms with van der Waals surface area (Å²) < 4.78 is 20.3. The van der Waals surface area contributed by atoms with E-state index in [-0.39, 0.29) is 0 Å². The van der Waals surface area contributed by atoms with Crippen LogP contribution in [-0.2, 0) is 11.1 Å². The Morgan fingerprint density at radius 3 is 2.62 bits per heavy atom. The van der Waals surface area contributed by atoms with E-state index in [9.17, 15) is 8.76 Å². The SMILES string of the molecule is CCC1CCN(C2CN(c3cccc(S(=O)O)c3)C2)CC1. The van der Waals surface area contributed by atoms with Gasteiger partial charge in [-0.2, -0.15) is 0 Å². The second-order valence-electron chi connectivity index (χ2n) is 6.19. The van der Waals surface area contributed by atoms with E-state index < -0.39 is 11.1 Å². The van der Waals surface area contributed by atoms with E-state index in [0.29, 0.717) is 10.9 Å². The molecule has 2 fully saturated rings. The first-order chi connectivity index (χ1) is 10.2. The van der Waals surface area contributed by atoms with E-state index in [0.717, 1.165) is 24.7 Å². The van der Waals surface area contributed by atoms with Crippen molar-refractivity contribution in [3.8, 4) is 0 Å². The summed E-state index contributed by atoms with van der Waals surface area (Å²) in [6, 6.07) is 8.07. The number of hydrogen-bond donors (Lipinski definition) is 1. The largest absolute Gasteiger partial charge is 0.368 e. The molecule has 2 heterocycles. The zero-order chi connectivity index (χ0) is 14.8. The van der Waals surface area contributed by atoms with Crippen molar-refractivity contribution in [2.24, 2.45) is 5.92 Å². The molecule has 116 valence electrons. The first kappa shape index (κ1) is 15.0. The maximum absolute atomic E-state index is 11.1. The molecule has 2 saturated heterocycles. The van der Waals surface area contributed by atoms with Gasteiger partial charge in [0.1, 0.15) is 0 Å². The van der Waals surface area contributed by atoms with Crippen LogP contribution in [0.5, 0.6) is 0 Å². The van der Waals surface area contributed by atoms with Gasteiger partial charge in [0.25, 0.3) is 0 Å². The van der Waals surface area contributed by atoms with Gasteiger partial charge in [0.2, 0.25) is 0 Å². The molecule has 0 radical (unpaired) electrons. The highest BCUT2D eigenvalue weighted by atomic mass is 32.2. The normalized spacial score (nSPS) is 23.0. The molecule has 0 bridgehead atoms. The van der Waals surface area contributed by atoms with E-state index in [1.165, 1.54) is 32.4 Å². The van der Waals surface area contributed by atoms with Crippen LogP contribution in [0.25, 0.3) is 0 Å². The summed E-state index contributed by atoms with van der Waals surface area (Å²) >= 11 is -1.89. The van der Waals surface area contributed by atoms with Crippen molar-refractivity contribution < 1.29 is 8.76 Å². The summed E-state index contributed by atoms with van der Waals surface area (Å²) in [6.45, 7) is 6.84. The maximum Gasteiger partial charge on any atom is 0.186 e. The zero-order valence-corrected chi connectivity index (χ0v) is 13.4. The van der Waals surface area contributed by atoms with Crippen molar-refractivity contribution >= 4 is 16.8 Å². The van der Waals surface area contributed by atoms with Gasteiger partial charge in [-0.3, -0.25) is 4.90 Å². The second-order valence-corrected chi connectivity index (χ2v) is 7.16. The molecule has 4 nitrogen and oxygen atoms in total. The molecule has 1 unspecified atom stereocenters. The summed E-state index contributed by atoms with van der Waals surface area (Å²) in [6.07, 6.45) is 3.99. The summed E-state index contributed by atoms with van der Waals surface area (Å²) in [7, 11) is 0. The quantitative estimate of drug-likeness (QED) is 0.868. The molecule has 0 amide bonds. The molecule has 2 aliphatic rings. The zero-order valence-electron chi connectivity index (χ0n) is 12.6. The molecule has 1 N–H and O–H groups in total. The van der Waals surface area contributed by atoms with Crippen LogP contribution < -0.4 is 4.90 Å². The predicted octanol–water partition coefficient (Wildman–Crippen LogP) is 2.58. The maximum atomic E-state index is 11.1. The van der Waals surface area contributed by atoms with E-state index in [2.05, 4.69) is 16.7 Å². The molecule has 1 aromatic rings. The Balaban J connectivity index is 1.54. The Kier molecular flexibility index (Phi) is 4.62. The van der Waals surface area contributed by atoms with Crippen molar-refractivity contribution in [2.75, 3.05) is 31.1 Å². The summed E-state index contributed by atoms with van der Waals surface area (Å²) in [5.41, 5.74) is 1.06. The highest BCUT2D eigenvalue weighted by Crippen LogP contribution is 2.28. The van der Waals surface area contributed by atoms with Crippen LogP contribution in [0, 0.1) is 5.92 Å². The number of hydrogen-bond acceptors (Lipinski definition) is 3. The summed E-state index contributed by atoms with van der Waals surface area (Å²) in [4.78, 5) is 5.41. The lowest BCUT2D eigenvalue weighted by Crippen LogP contribution is -2.61. The number of anilines is 1. The van der Waals surface area contributed by atoms with Crippen LogP contribution in [0.4, 0.5) is 5.69 Å². The van der Waals surface area contributed by atoms with E-state index in [4.69, 9.17) is 0 Å². The van der Waals surface area contributed by atoms with Gasteiger partial charge in [-0.15, -0.1) is 0 Å². The smallest absolute Gasteiger partial charge is 0.186 e. The third-order valence-corrected chi connectivity index (χ3v) is 5.65. The first-order valence-electron chi connectivity index (χ1n) is 7.87. The summed E-state index contributed by atoms with van der Waals surface area (Å²) in [5, 5.41) is 0. The Morgan fingerprint density at radius 1 is 1.29 bits per heavy atom. The molecule has 3 rings (SSSR count). The van der Waals surface area contributed by atoms with Gasteiger partial charge in [0, 0.05) is 24.8 Å². The summed E-state index contributed by atoms with van der Waals surface area (Å²) in [5.74, 6) is 0.925. The minimum absolute atomic E-state index is 0.486. The Morgan fingerprint density at radius 2 is 2.00 bits per heavy atom. The molecule has 2 aliphatic heterocycles. The predicted molar refractivity (Wildman–Crippen MR) is 86.1 cm³/mol. The van der Waals surface area contributed by atoms with Gasteiger partial charge in [-0.1, -0.05) is 19.4 Å². The van der Waals surface area contributed by atoms with Crippen LogP contribution in [0.3, 0.4) is 0 Å². The topological polar surface area (TPSA) is 43.8 Å². The number of rotatable bonds is 4. The van der Waals surface area contributed by atoms with E-state index >= 15 is 0 Å². The average Bonchev–Trinajstić information content (AvgIpc) is 2.47. The molecule has 1 atom stereocenters. The molecule has 21 heavy (non-hydrogen) atoms. The van der Waals surface area contributed by atoms with Crippen LogP contribution >= 0.6 is 0 Å². The molecular formula is C16H24N2O2S. The van der Waals surface area contributed by atoms with Crippen molar-refractivity contribution in [2.45, 2.75) is 37.1 Å². The van der Waals surface area contributed by atoms with Crippen molar-refractivity contribution in [3.05, 3.63) is 24.3 Å². The van der Waals surface area contributed by atoms with Crippen LogP contribution in [0.2, 0.25) is 0 Å². The fourth-order valence-corrected chi connectivity index (χ4v) is 3.83. The minimum Gasteiger partial charge on any atom is -0.368 e. The monoisotopic (exact) mass is 308 g/mol. The highest BCUT2D eigenvalue weighted by molar-refractivity contribution is 7.79. The van der Waals surface area contributed by atoms with Gasteiger partial charge in [-0.05, 0) is 50.0 Å². The lowest BCUT2D eigenvalue weighted by molar-refractivity contribution is 0.112. The van der Waals surface area contributed by atoms with E-state index in [1.54, 1.807) is 6.07 Å². The second kappa shape index (κ2) is 6.46. The van der Waals surface area contributed by atoms with Crippen molar-refractivity contribution in [1.82, 2.24) is 4.90 Å². The van der Waals surface area contributed by atoms with Gasteiger partial charge in [-0.25, -0.2) is 4.21 Å². The fourth-order valence-electron chi connectivity index (χ4n) is 3.41. The molecule has 5 heteroatoms. The van der Waals surface area contributed by atoms with Crippen LogP contribution in [-0.4, -0.2) is 45.9 Å². The molecule has 0 aromatic heterocycles. The lowest BCUT2D eigenvalue weighted by Gasteiger charge is -2.48. The van der Waals surface area contributed by atoms with Gasteiger partial charge in [0.15, 0.2) is 11.1 Å². The molecule has 0 saturated carbocycles. The average molecular weight is 308 g/mol. The van der Waals surface area contributed by atoms with Gasteiger partial charge in [0.05, 0.1) is 4.90 Å². The van der Waals surface area contributed by atoms with Gasteiger partial charge < -0.3 is 9.45 Å². The lowest BCUT2D eigenvalue weighted by atomic mass is 9.92. The van der Waals surface area contributed by atoms with E-state index in [1.807, 2.05) is 18.2 Å². The Hall–Kier alpha value is -0.910. The fraction of sp³-hybridized carbons (Fsp3) is 0.625. The standard InChI is InChI=1S/C16H24N2O2S/c1-2-13-6-8-17(9-7-13)15-11-18(12-15)14-4-3-5-16(10-14)21(19)20/h3-5,10,13,15H,2,6-9,11-12H2,1H3,(H,19,20). The molecule has 0 aliphatic carbocycles. The van der Waals surface area contributed by atoms with Crippen molar-refractivity contribution in [3.63, 3.8) is 0 Å². The molecular weight excluding hydrogens is 284 g/mol. The number of benzene rings is 1. The highest BCUT2D eigenvalue weighted by Gasteiger charge is 2.33. The molecule has 1 aromatic carbocycles.